The number of benzene rings is 3. The van der Waals surface area contributed by atoms with Gasteiger partial charge < -0.3 is 15.0 Å². The van der Waals surface area contributed by atoms with Gasteiger partial charge in [-0.1, -0.05) is 59.1 Å². The predicted octanol–water partition coefficient (Wildman–Crippen LogP) is 5.79. The number of hydrogen-bond donors (Lipinski definition) is 1. The maximum atomic E-state index is 14.0. The molecule has 0 unspecified atom stereocenters. The molecule has 1 N–H and O–H groups in total. The van der Waals surface area contributed by atoms with Crippen LogP contribution in [0.5, 0.6) is 5.75 Å². The van der Waals surface area contributed by atoms with Crippen LogP contribution in [0, 0.1) is 0 Å². The Kier molecular flexibility index (Phi) is 10.7. The lowest BCUT2D eigenvalue weighted by atomic mass is 10.1. The lowest BCUT2D eigenvalue weighted by Gasteiger charge is -2.33. The Labute approximate surface area is 249 Å². The van der Waals surface area contributed by atoms with Crippen LogP contribution in [0.2, 0.25) is 15.1 Å². The van der Waals surface area contributed by atoms with E-state index in [4.69, 9.17) is 39.5 Å². The molecule has 3 aromatic carbocycles. The van der Waals surface area contributed by atoms with Crippen LogP contribution in [-0.2, 0) is 26.2 Å². The van der Waals surface area contributed by atoms with Gasteiger partial charge in [0.25, 0.3) is 10.0 Å². The molecule has 214 valence electrons. The van der Waals surface area contributed by atoms with Crippen LogP contribution in [0.1, 0.15) is 26.3 Å². The molecular weight excluding hydrogens is 597 g/mol. The standard InChI is InChI=1S/C28H30Cl3N3O5S/c1-18(2)32-28(36)19(3)33(16-20-10-11-21(29)14-24(20)31)27(35)17-34(25-15-22(30)12-13-26(25)39-4)40(37,38)23-8-6-5-7-9-23/h5-15,18-19H,16-17H2,1-4H3,(H,32,36)/t19-/m0/s1. The summed E-state index contributed by atoms with van der Waals surface area (Å²) < 4.78 is 34.2. The summed E-state index contributed by atoms with van der Waals surface area (Å²) in [4.78, 5) is 28.3. The first-order chi connectivity index (χ1) is 18.8. The average molecular weight is 627 g/mol. The van der Waals surface area contributed by atoms with Crippen molar-refractivity contribution in [3.63, 3.8) is 0 Å². The van der Waals surface area contributed by atoms with E-state index in [1.165, 1.54) is 42.3 Å². The van der Waals surface area contributed by atoms with E-state index in [1.54, 1.807) is 57.2 Å². The Morgan fingerprint density at radius 2 is 1.55 bits per heavy atom. The molecule has 2 amide bonds. The summed E-state index contributed by atoms with van der Waals surface area (Å²) >= 11 is 18.7. The fourth-order valence-corrected chi connectivity index (χ4v) is 5.98. The van der Waals surface area contributed by atoms with Crippen molar-refractivity contribution in [2.75, 3.05) is 18.0 Å². The number of carbonyl (C=O) groups excluding carboxylic acids is 2. The van der Waals surface area contributed by atoms with E-state index in [1.807, 2.05) is 0 Å². The van der Waals surface area contributed by atoms with Gasteiger partial charge in [0.05, 0.1) is 17.7 Å². The summed E-state index contributed by atoms with van der Waals surface area (Å²) in [6.45, 7) is 4.43. The lowest BCUT2D eigenvalue weighted by molar-refractivity contribution is -0.139. The molecule has 0 aliphatic rings. The molecular formula is C28H30Cl3N3O5S. The minimum Gasteiger partial charge on any atom is -0.495 e. The van der Waals surface area contributed by atoms with Crippen molar-refractivity contribution >= 4 is 62.3 Å². The first kappa shape index (κ1) is 31.5. The second kappa shape index (κ2) is 13.6. The van der Waals surface area contributed by atoms with Crippen LogP contribution in [0.25, 0.3) is 0 Å². The number of carbonyl (C=O) groups is 2. The SMILES string of the molecule is COc1ccc(Cl)cc1N(CC(=O)N(Cc1ccc(Cl)cc1Cl)[C@@H](C)C(=O)NC(C)C)S(=O)(=O)c1ccccc1. The molecule has 0 radical (unpaired) electrons. The number of hydrogen-bond acceptors (Lipinski definition) is 5. The minimum absolute atomic E-state index is 0.0391. The summed E-state index contributed by atoms with van der Waals surface area (Å²) in [6.07, 6.45) is 0. The minimum atomic E-state index is -4.28. The number of nitrogens with zero attached hydrogens (tertiary/aromatic N) is 2. The number of ether oxygens (including phenoxy) is 1. The van der Waals surface area contributed by atoms with Crippen LogP contribution >= 0.6 is 34.8 Å². The molecule has 0 fully saturated rings. The molecule has 1 atom stereocenters. The zero-order valence-electron chi connectivity index (χ0n) is 22.4. The van der Waals surface area contributed by atoms with Gasteiger partial charge in [0.2, 0.25) is 11.8 Å². The topological polar surface area (TPSA) is 96.0 Å². The molecule has 0 saturated heterocycles. The Morgan fingerprint density at radius 3 is 2.15 bits per heavy atom. The maximum Gasteiger partial charge on any atom is 0.264 e. The highest BCUT2D eigenvalue weighted by Gasteiger charge is 2.34. The summed E-state index contributed by atoms with van der Waals surface area (Å²) in [5.74, 6) is -0.875. The highest BCUT2D eigenvalue weighted by atomic mass is 35.5. The Balaban J connectivity index is 2.11. The van der Waals surface area contributed by atoms with Crippen LogP contribution < -0.4 is 14.4 Å². The summed E-state index contributed by atoms with van der Waals surface area (Å²) in [5.41, 5.74) is 0.595. The van der Waals surface area contributed by atoms with E-state index in [9.17, 15) is 18.0 Å². The highest BCUT2D eigenvalue weighted by molar-refractivity contribution is 7.92. The predicted molar refractivity (Wildman–Crippen MR) is 159 cm³/mol. The lowest BCUT2D eigenvalue weighted by Crippen LogP contribution is -2.52. The van der Waals surface area contributed by atoms with Gasteiger partial charge in [0, 0.05) is 27.7 Å². The number of rotatable bonds is 11. The molecule has 0 aliphatic carbocycles. The fourth-order valence-electron chi connectivity index (χ4n) is 3.91. The van der Waals surface area contributed by atoms with Crippen molar-refractivity contribution in [1.29, 1.82) is 0 Å². The molecule has 0 bridgehead atoms. The quantitative estimate of drug-likeness (QED) is 0.291. The third-order valence-electron chi connectivity index (χ3n) is 5.97. The molecule has 0 aliphatic heterocycles. The van der Waals surface area contributed by atoms with Gasteiger partial charge in [-0.2, -0.15) is 0 Å². The monoisotopic (exact) mass is 625 g/mol. The Bertz CT molecular complexity index is 1470. The molecule has 40 heavy (non-hydrogen) atoms. The van der Waals surface area contributed by atoms with Crippen LogP contribution in [0.3, 0.4) is 0 Å². The average Bonchev–Trinajstić information content (AvgIpc) is 2.90. The van der Waals surface area contributed by atoms with Crippen molar-refractivity contribution in [2.45, 2.75) is 44.3 Å². The maximum absolute atomic E-state index is 14.0. The number of anilines is 1. The van der Waals surface area contributed by atoms with Gasteiger partial charge in [-0.15, -0.1) is 0 Å². The third-order valence-corrected chi connectivity index (χ3v) is 8.57. The molecule has 8 nitrogen and oxygen atoms in total. The van der Waals surface area contributed by atoms with Gasteiger partial charge >= 0.3 is 0 Å². The molecule has 0 heterocycles. The van der Waals surface area contributed by atoms with E-state index >= 15 is 0 Å². The van der Waals surface area contributed by atoms with Crippen molar-refractivity contribution in [3.8, 4) is 5.75 Å². The van der Waals surface area contributed by atoms with Gasteiger partial charge in [0.15, 0.2) is 0 Å². The first-order valence-corrected chi connectivity index (χ1v) is 14.9. The summed E-state index contributed by atoms with van der Waals surface area (Å²) in [5, 5.41) is 3.75. The third kappa shape index (κ3) is 7.60. The van der Waals surface area contributed by atoms with Crippen molar-refractivity contribution in [3.05, 3.63) is 87.4 Å². The van der Waals surface area contributed by atoms with Crippen molar-refractivity contribution in [2.24, 2.45) is 0 Å². The van der Waals surface area contributed by atoms with Crippen molar-refractivity contribution in [1.82, 2.24) is 10.2 Å². The molecule has 12 heteroatoms. The fraction of sp³-hybridized carbons (Fsp3) is 0.286. The Hall–Kier alpha value is -2.98. The molecule has 0 aromatic heterocycles. The summed E-state index contributed by atoms with van der Waals surface area (Å²) in [7, 11) is -2.90. The zero-order chi connectivity index (χ0) is 29.6. The van der Waals surface area contributed by atoms with Gasteiger partial charge in [-0.05, 0) is 68.8 Å². The van der Waals surface area contributed by atoms with Gasteiger partial charge in [0.1, 0.15) is 18.3 Å². The Morgan fingerprint density at radius 1 is 0.925 bits per heavy atom. The second-order valence-electron chi connectivity index (χ2n) is 9.24. The van der Waals surface area contributed by atoms with Gasteiger partial charge in [-0.3, -0.25) is 13.9 Å². The second-order valence-corrected chi connectivity index (χ2v) is 12.4. The van der Waals surface area contributed by atoms with Crippen LogP contribution in [0.4, 0.5) is 5.69 Å². The molecule has 0 saturated carbocycles. The zero-order valence-corrected chi connectivity index (χ0v) is 25.5. The number of halogens is 3. The number of methoxy groups -OCH3 is 1. The van der Waals surface area contributed by atoms with Crippen molar-refractivity contribution < 1.29 is 22.7 Å². The summed E-state index contributed by atoms with van der Waals surface area (Å²) in [6, 6.07) is 15.8. The molecule has 3 rings (SSSR count). The molecule has 3 aromatic rings. The number of amides is 2. The van der Waals surface area contributed by atoms with E-state index in [-0.39, 0.29) is 33.9 Å². The van der Waals surface area contributed by atoms with Crippen LogP contribution in [0.15, 0.2) is 71.6 Å². The first-order valence-electron chi connectivity index (χ1n) is 12.3. The van der Waals surface area contributed by atoms with E-state index < -0.39 is 34.4 Å². The van der Waals surface area contributed by atoms with E-state index in [2.05, 4.69) is 5.32 Å². The number of sulfonamides is 1. The number of nitrogens with one attached hydrogen (secondary N) is 1. The smallest absolute Gasteiger partial charge is 0.264 e. The highest BCUT2D eigenvalue weighted by Crippen LogP contribution is 2.35. The van der Waals surface area contributed by atoms with Crippen LogP contribution in [-0.4, -0.2) is 50.9 Å². The van der Waals surface area contributed by atoms with Gasteiger partial charge in [-0.25, -0.2) is 8.42 Å². The molecule has 0 spiro atoms. The normalized spacial score (nSPS) is 12.1. The van der Waals surface area contributed by atoms with E-state index in [0.29, 0.717) is 15.6 Å². The van der Waals surface area contributed by atoms with E-state index in [0.717, 1.165) is 4.31 Å². The largest absolute Gasteiger partial charge is 0.495 e.